The normalized spacial score (nSPS) is 9.18. The number of nitrogens with zero attached hydrogens (tertiary/aromatic N) is 2. The van der Waals surface area contributed by atoms with Gasteiger partial charge in [-0.1, -0.05) is 55.6 Å². The maximum Gasteiger partial charge on any atom is 0.0854 e. The fourth-order valence-corrected chi connectivity index (χ4v) is 2.85. The lowest BCUT2D eigenvalue weighted by atomic mass is 10.1. The smallest absolute Gasteiger partial charge is 0.0854 e. The molecule has 2 N–H and O–H groups in total. The first kappa shape index (κ1) is 26.9. The number of nitrogens with one attached hydrogen (secondary N) is 2. The molecule has 0 aliphatic rings. The van der Waals surface area contributed by atoms with Gasteiger partial charge < -0.3 is 10.6 Å². The minimum absolute atomic E-state index is 0.834. The van der Waals surface area contributed by atoms with Gasteiger partial charge in [0.2, 0.25) is 0 Å². The molecule has 1 aromatic carbocycles. The highest BCUT2D eigenvalue weighted by molar-refractivity contribution is 5.58. The molecule has 0 amide bonds. The van der Waals surface area contributed by atoms with Gasteiger partial charge in [-0.15, -0.1) is 19.4 Å². The summed E-state index contributed by atoms with van der Waals surface area (Å²) in [6.07, 6.45) is 15.2. The molecule has 3 aromatic rings. The maximum absolute atomic E-state index is 4.30. The van der Waals surface area contributed by atoms with Gasteiger partial charge in [-0.25, -0.2) is 0 Å². The lowest BCUT2D eigenvalue weighted by molar-refractivity contribution is 0.834. The van der Waals surface area contributed by atoms with Gasteiger partial charge in [0.05, 0.1) is 22.8 Å². The molecule has 0 radical (unpaired) electrons. The molecule has 0 spiro atoms. The molecule has 0 saturated carbocycles. The summed E-state index contributed by atoms with van der Waals surface area (Å²) in [7, 11) is 0. The van der Waals surface area contributed by atoms with Crippen LogP contribution in [0.1, 0.15) is 29.4 Å². The standard InChI is InChI=1S/C24H26N4.C3H6.C2H2/c1-19(23-7-3-5-15-27-23)25-17-13-21-9-11-22(12-10-21)14-18-26-20(2)24-8-4-6-16-28-24;1-3-2;1-2/h3-12,15-16,25-26H,1-2,13-14,17-18H2;3H,1H2,2H3;1-2H. The molecule has 0 aliphatic carbocycles. The van der Waals surface area contributed by atoms with E-state index in [0.29, 0.717) is 0 Å². The van der Waals surface area contributed by atoms with Crippen molar-refractivity contribution in [2.75, 3.05) is 13.1 Å². The number of hydrogen-bond donors (Lipinski definition) is 2. The quantitative estimate of drug-likeness (QED) is 0.323. The summed E-state index contributed by atoms with van der Waals surface area (Å²) < 4.78 is 0. The second-order valence-corrected chi connectivity index (χ2v) is 6.97. The van der Waals surface area contributed by atoms with Crippen molar-refractivity contribution in [3.63, 3.8) is 0 Å². The molecule has 0 atom stereocenters. The Morgan fingerprint density at radius 3 is 1.42 bits per heavy atom. The summed E-state index contributed by atoms with van der Waals surface area (Å²) in [5, 5.41) is 6.68. The van der Waals surface area contributed by atoms with Crippen molar-refractivity contribution < 1.29 is 0 Å². The largest absolute Gasteiger partial charge is 0.383 e. The van der Waals surface area contributed by atoms with Crippen LogP contribution in [-0.2, 0) is 12.8 Å². The van der Waals surface area contributed by atoms with Crippen LogP contribution in [0.15, 0.2) is 98.9 Å². The van der Waals surface area contributed by atoms with Gasteiger partial charge in [0, 0.05) is 25.5 Å². The third-order valence-corrected chi connectivity index (χ3v) is 4.48. The second-order valence-electron chi connectivity index (χ2n) is 6.97. The molecule has 0 aliphatic heterocycles. The number of aromatic nitrogens is 2. The Bertz CT molecular complexity index is 898. The molecule has 4 nitrogen and oxygen atoms in total. The Kier molecular flexibility index (Phi) is 13.5. The Morgan fingerprint density at radius 2 is 1.12 bits per heavy atom. The average molecular weight is 439 g/mol. The third kappa shape index (κ3) is 10.7. The number of hydrogen-bond acceptors (Lipinski definition) is 4. The molecule has 2 aromatic heterocycles. The minimum Gasteiger partial charge on any atom is -0.383 e. The van der Waals surface area contributed by atoms with Crippen LogP contribution < -0.4 is 10.6 Å². The van der Waals surface area contributed by atoms with Gasteiger partial charge in [-0.05, 0) is 55.2 Å². The Labute approximate surface area is 199 Å². The highest BCUT2D eigenvalue weighted by atomic mass is 14.9. The van der Waals surface area contributed by atoms with Crippen molar-refractivity contribution >= 4 is 11.4 Å². The van der Waals surface area contributed by atoms with Gasteiger partial charge in [0.25, 0.3) is 0 Å². The third-order valence-electron chi connectivity index (χ3n) is 4.48. The average Bonchev–Trinajstić information content (AvgIpc) is 2.87. The van der Waals surface area contributed by atoms with E-state index in [1.54, 1.807) is 18.5 Å². The number of terminal acetylenes is 1. The first-order valence-corrected chi connectivity index (χ1v) is 10.8. The summed E-state index contributed by atoms with van der Waals surface area (Å²) in [5.74, 6) is 0. The second kappa shape index (κ2) is 16.6. The zero-order chi connectivity index (χ0) is 24.3. The SMILES string of the molecule is C#C.C=C(NCCc1ccc(CCNC(=C)c2ccccn2)cc1)c1ccccn1.C=CC. The summed E-state index contributed by atoms with van der Waals surface area (Å²) >= 11 is 0. The van der Waals surface area contributed by atoms with Gasteiger partial charge in [0.1, 0.15) is 0 Å². The van der Waals surface area contributed by atoms with Crippen molar-refractivity contribution in [2.24, 2.45) is 0 Å². The molecule has 33 heavy (non-hydrogen) atoms. The summed E-state index contributed by atoms with van der Waals surface area (Å²) in [4.78, 5) is 8.60. The molecular formula is C29H34N4. The van der Waals surface area contributed by atoms with E-state index in [2.05, 4.69) is 77.5 Å². The summed E-state index contributed by atoms with van der Waals surface area (Å²) in [6, 6.07) is 20.4. The van der Waals surface area contributed by atoms with E-state index in [1.165, 1.54) is 11.1 Å². The van der Waals surface area contributed by atoms with Gasteiger partial charge >= 0.3 is 0 Å². The van der Waals surface area contributed by atoms with E-state index in [0.717, 1.165) is 48.7 Å². The fourth-order valence-electron chi connectivity index (χ4n) is 2.85. The molecule has 0 fully saturated rings. The van der Waals surface area contributed by atoms with Crippen molar-refractivity contribution in [3.8, 4) is 12.8 Å². The van der Waals surface area contributed by atoms with Crippen LogP contribution >= 0.6 is 0 Å². The molecule has 2 heterocycles. The molecular weight excluding hydrogens is 404 g/mol. The molecule has 3 rings (SSSR count). The minimum atomic E-state index is 0.834. The lowest BCUT2D eigenvalue weighted by Crippen LogP contribution is -2.16. The Morgan fingerprint density at radius 1 is 0.758 bits per heavy atom. The zero-order valence-electron chi connectivity index (χ0n) is 19.5. The monoisotopic (exact) mass is 438 g/mol. The van der Waals surface area contributed by atoms with Crippen molar-refractivity contribution in [1.82, 2.24) is 20.6 Å². The van der Waals surface area contributed by atoms with Crippen molar-refractivity contribution in [1.29, 1.82) is 0 Å². The number of benzene rings is 1. The van der Waals surface area contributed by atoms with Crippen LogP contribution in [0.2, 0.25) is 0 Å². The van der Waals surface area contributed by atoms with Gasteiger partial charge in [-0.3, -0.25) is 9.97 Å². The summed E-state index contributed by atoms with van der Waals surface area (Å²) in [5.41, 5.74) is 6.09. The number of rotatable bonds is 10. The first-order chi connectivity index (χ1) is 16.1. The van der Waals surface area contributed by atoms with Crippen LogP contribution in [0.4, 0.5) is 0 Å². The maximum atomic E-state index is 4.30. The van der Waals surface area contributed by atoms with Crippen LogP contribution in [-0.4, -0.2) is 23.1 Å². The van der Waals surface area contributed by atoms with Crippen molar-refractivity contribution in [2.45, 2.75) is 19.8 Å². The van der Waals surface area contributed by atoms with E-state index in [1.807, 2.05) is 43.3 Å². The van der Waals surface area contributed by atoms with Gasteiger partial charge in [0.15, 0.2) is 0 Å². The molecule has 0 unspecified atom stereocenters. The van der Waals surface area contributed by atoms with Crippen LogP contribution in [0, 0.1) is 12.8 Å². The predicted molar refractivity (Wildman–Crippen MR) is 142 cm³/mol. The van der Waals surface area contributed by atoms with Crippen LogP contribution in [0.3, 0.4) is 0 Å². The fraction of sp³-hybridized carbons (Fsp3) is 0.172. The number of pyridine rings is 2. The lowest BCUT2D eigenvalue weighted by Gasteiger charge is -2.10. The van der Waals surface area contributed by atoms with Crippen molar-refractivity contribution in [3.05, 3.63) is 121 Å². The van der Waals surface area contributed by atoms with E-state index in [-0.39, 0.29) is 0 Å². The highest BCUT2D eigenvalue weighted by Gasteiger charge is 2.01. The zero-order valence-corrected chi connectivity index (χ0v) is 19.5. The summed E-state index contributed by atoms with van der Waals surface area (Å²) in [6.45, 7) is 15.0. The Balaban J connectivity index is 0.00000101. The van der Waals surface area contributed by atoms with Crippen LogP contribution in [0.5, 0.6) is 0 Å². The van der Waals surface area contributed by atoms with E-state index >= 15 is 0 Å². The number of allylic oxidation sites excluding steroid dienone is 1. The van der Waals surface area contributed by atoms with E-state index in [9.17, 15) is 0 Å². The Hall–Kier alpha value is -4.10. The predicted octanol–water partition coefficient (Wildman–Crippen LogP) is 5.52. The highest BCUT2D eigenvalue weighted by Crippen LogP contribution is 2.09. The first-order valence-electron chi connectivity index (χ1n) is 10.8. The van der Waals surface area contributed by atoms with E-state index in [4.69, 9.17) is 0 Å². The molecule has 0 saturated heterocycles. The van der Waals surface area contributed by atoms with E-state index < -0.39 is 0 Å². The van der Waals surface area contributed by atoms with Gasteiger partial charge in [-0.2, -0.15) is 0 Å². The molecule has 170 valence electrons. The van der Waals surface area contributed by atoms with Crippen LogP contribution in [0.25, 0.3) is 11.4 Å². The molecule has 4 heteroatoms. The topological polar surface area (TPSA) is 49.8 Å². The molecule has 0 bridgehead atoms.